The van der Waals surface area contributed by atoms with Gasteiger partial charge >= 0.3 is 0 Å². The van der Waals surface area contributed by atoms with Crippen LogP contribution in [-0.2, 0) is 5.54 Å². The molecule has 2 N–H and O–H groups in total. The van der Waals surface area contributed by atoms with Crippen molar-refractivity contribution in [1.29, 1.82) is 0 Å². The Morgan fingerprint density at radius 2 is 2.06 bits per heavy atom. The Morgan fingerprint density at radius 1 is 1.28 bits per heavy atom. The number of aromatic nitrogens is 2. The van der Waals surface area contributed by atoms with Gasteiger partial charge in [0.25, 0.3) is 0 Å². The molecule has 3 nitrogen and oxygen atoms in total. The molecule has 0 unspecified atom stereocenters. The van der Waals surface area contributed by atoms with Gasteiger partial charge in [-0.05, 0) is 44.0 Å². The smallest absolute Gasteiger partial charge is 0.126 e. The van der Waals surface area contributed by atoms with Crippen LogP contribution in [0.2, 0.25) is 0 Å². The number of hydrogen-bond acceptors (Lipinski definition) is 2. The molecular weight excluding hydrogens is 290 g/mol. The SMILES string of the molecule is C[C@@]1(c2ncc(-c3ccc(Br)cc3)[nH]2)CCCN1. The highest BCUT2D eigenvalue weighted by molar-refractivity contribution is 9.10. The highest BCUT2D eigenvalue weighted by Crippen LogP contribution is 2.30. The summed E-state index contributed by atoms with van der Waals surface area (Å²) in [5.41, 5.74) is 2.25. The first kappa shape index (κ1) is 11.9. The minimum absolute atomic E-state index is 0.00755. The zero-order valence-corrected chi connectivity index (χ0v) is 11.9. The van der Waals surface area contributed by atoms with Gasteiger partial charge in [-0.25, -0.2) is 4.98 Å². The lowest BCUT2D eigenvalue weighted by Crippen LogP contribution is -2.34. The molecule has 0 radical (unpaired) electrons. The molecular formula is C14H16BrN3. The molecule has 3 rings (SSSR count). The van der Waals surface area contributed by atoms with Gasteiger partial charge in [0, 0.05) is 4.47 Å². The van der Waals surface area contributed by atoms with Crippen molar-refractivity contribution in [2.75, 3.05) is 6.54 Å². The molecule has 4 heteroatoms. The molecule has 1 aliphatic rings. The number of nitrogens with one attached hydrogen (secondary N) is 2. The van der Waals surface area contributed by atoms with Gasteiger partial charge in [0.15, 0.2) is 0 Å². The summed E-state index contributed by atoms with van der Waals surface area (Å²) in [6, 6.07) is 8.27. The Kier molecular flexibility index (Phi) is 2.99. The Morgan fingerprint density at radius 3 is 2.72 bits per heavy atom. The van der Waals surface area contributed by atoms with E-state index in [0.717, 1.165) is 29.0 Å². The van der Waals surface area contributed by atoms with Crippen molar-refractivity contribution in [2.24, 2.45) is 0 Å². The normalized spacial score (nSPS) is 23.4. The van der Waals surface area contributed by atoms with Crippen LogP contribution in [0.3, 0.4) is 0 Å². The third-order valence-corrected chi connectivity index (χ3v) is 4.15. The largest absolute Gasteiger partial charge is 0.340 e. The van der Waals surface area contributed by atoms with Gasteiger partial charge in [-0.3, -0.25) is 0 Å². The van der Waals surface area contributed by atoms with Crippen LogP contribution in [-0.4, -0.2) is 16.5 Å². The van der Waals surface area contributed by atoms with E-state index in [1.165, 1.54) is 12.0 Å². The highest BCUT2D eigenvalue weighted by atomic mass is 79.9. The molecule has 2 aromatic rings. The minimum atomic E-state index is 0.00755. The number of imidazole rings is 1. The number of benzene rings is 1. The number of H-pyrrole nitrogens is 1. The maximum atomic E-state index is 4.54. The lowest BCUT2D eigenvalue weighted by molar-refractivity contribution is 0.411. The standard InChI is InChI=1S/C14H16BrN3/c1-14(7-2-8-17-14)13-16-9-12(18-13)10-3-5-11(15)6-4-10/h3-6,9,17H,2,7-8H2,1H3,(H,16,18)/t14-/m0/s1. The fraction of sp³-hybridized carbons (Fsp3) is 0.357. The van der Waals surface area contributed by atoms with Crippen LogP contribution in [0.4, 0.5) is 0 Å². The van der Waals surface area contributed by atoms with Crippen molar-refractivity contribution in [3.05, 3.63) is 40.8 Å². The molecule has 0 saturated carbocycles. The molecule has 0 bridgehead atoms. The lowest BCUT2D eigenvalue weighted by atomic mass is 10.00. The second kappa shape index (κ2) is 4.52. The van der Waals surface area contributed by atoms with Crippen LogP contribution in [0.25, 0.3) is 11.3 Å². The van der Waals surface area contributed by atoms with E-state index < -0.39 is 0 Å². The van der Waals surface area contributed by atoms with Crippen molar-refractivity contribution in [3.8, 4) is 11.3 Å². The molecule has 1 fully saturated rings. The Balaban J connectivity index is 1.91. The van der Waals surface area contributed by atoms with Crippen molar-refractivity contribution >= 4 is 15.9 Å². The van der Waals surface area contributed by atoms with Gasteiger partial charge < -0.3 is 10.3 Å². The quantitative estimate of drug-likeness (QED) is 0.892. The Bertz CT molecular complexity index is 538. The average molecular weight is 306 g/mol. The first-order valence-electron chi connectivity index (χ1n) is 6.24. The molecule has 1 aromatic heterocycles. The van der Waals surface area contributed by atoms with Crippen LogP contribution in [0.1, 0.15) is 25.6 Å². The fourth-order valence-corrected chi connectivity index (χ4v) is 2.74. The zero-order chi connectivity index (χ0) is 12.6. The maximum absolute atomic E-state index is 4.54. The molecule has 18 heavy (non-hydrogen) atoms. The number of rotatable bonds is 2. The first-order valence-corrected chi connectivity index (χ1v) is 7.03. The van der Waals surface area contributed by atoms with E-state index in [2.05, 4.69) is 50.3 Å². The number of halogens is 1. The molecule has 1 saturated heterocycles. The van der Waals surface area contributed by atoms with Crippen molar-refractivity contribution in [2.45, 2.75) is 25.3 Å². The predicted molar refractivity (Wildman–Crippen MR) is 76.3 cm³/mol. The van der Waals surface area contributed by atoms with Crippen LogP contribution in [0.5, 0.6) is 0 Å². The van der Waals surface area contributed by atoms with Gasteiger partial charge in [-0.2, -0.15) is 0 Å². The number of hydrogen-bond donors (Lipinski definition) is 2. The van der Waals surface area contributed by atoms with Crippen LogP contribution in [0.15, 0.2) is 34.9 Å². The fourth-order valence-electron chi connectivity index (χ4n) is 2.47. The first-order chi connectivity index (χ1) is 8.67. The van der Waals surface area contributed by atoms with E-state index in [1.54, 1.807) is 0 Å². The van der Waals surface area contributed by atoms with Gasteiger partial charge in [-0.15, -0.1) is 0 Å². The molecule has 0 aliphatic carbocycles. The van der Waals surface area contributed by atoms with Gasteiger partial charge in [0.2, 0.25) is 0 Å². The van der Waals surface area contributed by atoms with Crippen LogP contribution in [0, 0.1) is 0 Å². The summed E-state index contributed by atoms with van der Waals surface area (Å²) in [5, 5.41) is 3.52. The van der Waals surface area contributed by atoms with Gasteiger partial charge in [0.05, 0.1) is 17.4 Å². The highest BCUT2D eigenvalue weighted by Gasteiger charge is 2.32. The van der Waals surface area contributed by atoms with E-state index in [9.17, 15) is 0 Å². The van der Waals surface area contributed by atoms with E-state index in [4.69, 9.17) is 0 Å². The summed E-state index contributed by atoms with van der Waals surface area (Å²) in [5.74, 6) is 1.04. The summed E-state index contributed by atoms with van der Waals surface area (Å²) in [7, 11) is 0. The minimum Gasteiger partial charge on any atom is -0.340 e. The zero-order valence-electron chi connectivity index (χ0n) is 10.3. The average Bonchev–Trinajstić information content (AvgIpc) is 2.99. The third-order valence-electron chi connectivity index (χ3n) is 3.62. The molecule has 94 valence electrons. The van der Waals surface area contributed by atoms with Crippen molar-refractivity contribution in [1.82, 2.24) is 15.3 Å². The van der Waals surface area contributed by atoms with Gasteiger partial charge in [-0.1, -0.05) is 28.1 Å². The number of nitrogens with zero attached hydrogens (tertiary/aromatic N) is 1. The molecule has 2 heterocycles. The Labute approximate surface area is 115 Å². The summed E-state index contributed by atoms with van der Waals surface area (Å²) in [6.45, 7) is 3.29. The van der Waals surface area contributed by atoms with E-state index in [1.807, 2.05) is 18.3 Å². The van der Waals surface area contributed by atoms with E-state index >= 15 is 0 Å². The second-order valence-electron chi connectivity index (χ2n) is 5.01. The monoisotopic (exact) mass is 305 g/mol. The van der Waals surface area contributed by atoms with Crippen LogP contribution >= 0.6 is 15.9 Å². The predicted octanol–water partition coefficient (Wildman–Crippen LogP) is 3.44. The van der Waals surface area contributed by atoms with Crippen molar-refractivity contribution in [3.63, 3.8) is 0 Å². The summed E-state index contributed by atoms with van der Waals surface area (Å²) in [4.78, 5) is 7.98. The summed E-state index contributed by atoms with van der Waals surface area (Å²) in [6.07, 6.45) is 4.27. The van der Waals surface area contributed by atoms with Crippen LogP contribution < -0.4 is 5.32 Å². The molecule has 0 spiro atoms. The lowest BCUT2D eigenvalue weighted by Gasteiger charge is -2.21. The van der Waals surface area contributed by atoms with Gasteiger partial charge in [0.1, 0.15) is 5.82 Å². The second-order valence-corrected chi connectivity index (χ2v) is 5.93. The van der Waals surface area contributed by atoms with E-state index in [0.29, 0.717) is 0 Å². The molecule has 1 aliphatic heterocycles. The number of aromatic amines is 1. The molecule has 0 amide bonds. The maximum Gasteiger partial charge on any atom is 0.126 e. The summed E-state index contributed by atoms with van der Waals surface area (Å²) >= 11 is 3.45. The third kappa shape index (κ3) is 2.10. The summed E-state index contributed by atoms with van der Waals surface area (Å²) < 4.78 is 1.09. The topological polar surface area (TPSA) is 40.7 Å². The Hall–Kier alpha value is -1.13. The molecule has 1 atom stereocenters. The van der Waals surface area contributed by atoms with Crippen molar-refractivity contribution < 1.29 is 0 Å². The van der Waals surface area contributed by atoms with E-state index in [-0.39, 0.29) is 5.54 Å². The molecule has 1 aromatic carbocycles.